The normalized spacial score (nSPS) is 89.6. The molecule has 0 aromatic rings. The van der Waals surface area contributed by atoms with Crippen molar-refractivity contribution in [1.82, 2.24) is 0 Å². The van der Waals surface area contributed by atoms with Crippen LogP contribution in [0.1, 0.15) is 12.8 Å². The molecule has 3 saturated carbocycles. The third-order valence-electron chi connectivity index (χ3n) is 2.47. The third kappa shape index (κ3) is 0.0311. The van der Waals surface area contributed by atoms with Gasteiger partial charge in [-0.15, -0.1) is 0 Å². The Morgan fingerprint density at radius 1 is 1.20 bits per heavy atom. The van der Waals surface area contributed by atoms with Crippen LogP contribution in [-0.4, -0.2) is 0 Å². The predicted octanol–water partition coefficient (Wildman–Crippen LogP) is 0.984. The smallest absolute Gasteiger partial charge is 0.0497 e. The summed E-state index contributed by atoms with van der Waals surface area (Å²) >= 11 is 0. The van der Waals surface area contributed by atoms with Crippen molar-refractivity contribution in [2.45, 2.75) is 12.8 Å². The molecule has 3 aliphatic carbocycles. The predicted molar refractivity (Wildman–Crippen MR) is 18.4 cm³/mol. The molecular formula is C5H5+. The summed E-state index contributed by atoms with van der Waals surface area (Å²) < 4.78 is 0. The lowest BCUT2D eigenvalue weighted by atomic mass is 10.0. The van der Waals surface area contributed by atoms with Gasteiger partial charge in [0, 0.05) is 12.8 Å². The van der Waals surface area contributed by atoms with Crippen molar-refractivity contribution in [2.24, 2.45) is 10.8 Å². The van der Waals surface area contributed by atoms with Gasteiger partial charge < -0.3 is 0 Å². The van der Waals surface area contributed by atoms with Gasteiger partial charge in [0.1, 0.15) is 0 Å². The summed E-state index contributed by atoms with van der Waals surface area (Å²) in [5.74, 6) is 0. The largest absolute Gasteiger partial charge is 0.164 e. The number of rotatable bonds is 0. The molecule has 24 valence electrons. The van der Waals surface area contributed by atoms with Crippen LogP contribution in [0.4, 0.5) is 0 Å². The molecule has 0 spiro atoms. The molecule has 0 amide bonds. The maximum absolute atomic E-state index is 2.49. The first-order valence-electron chi connectivity index (χ1n) is 2.24. The Morgan fingerprint density at radius 2 is 1.40 bits per heavy atom. The Labute approximate surface area is 31.2 Å². The van der Waals surface area contributed by atoms with Crippen LogP contribution in [0.3, 0.4) is 0 Å². The van der Waals surface area contributed by atoms with Crippen molar-refractivity contribution in [3.63, 3.8) is 0 Å². The number of hydrogen-bond donors (Lipinski definition) is 0. The van der Waals surface area contributed by atoms with Crippen molar-refractivity contribution in [2.75, 3.05) is 0 Å². The minimum atomic E-state index is 0.938. The van der Waals surface area contributed by atoms with Gasteiger partial charge in [-0.05, 0) is 0 Å². The van der Waals surface area contributed by atoms with Gasteiger partial charge in [-0.3, -0.25) is 0 Å². The van der Waals surface area contributed by atoms with Gasteiger partial charge in [0.2, 0.25) is 0 Å². The van der Waals surface area contributed by atoms with Crippen molar-refractivity contribution < 1.29 is 0 Å². The summed E-state index contributed by atoms with van der Waals surface area (Å²) in [4.78, 5) is 0. The standard InChI is InChI=1S/C5H5/c1-4-2-5(1,4)3-4/h1H,2-3H2/q+1. The summed E-state index contributed by atoms with van der Waals surface area (Å²) in [5, 5.41) is 0. The summed E-state index contributed by atoms with van der Waals surface area (Å²) in [7, 11) is 0. The molecule has 3 fully saturated rings. The second-order valence-corrected chi connectivity index (χ2v) is 2.81. The minimum absolute atomic E-state index is 0.938. The van der Waals surface area contributed by atoms with Crippen LogP contribution in [0, 0.1) is 17.3 Å². The Bertz CT molecular complexity index is 81.4. The molecule has 0 heteroatoms. The van der Waals surface area contributed by atoms with Crippen molar-refractivity contribution in [3.05, 3.63) is 6.42 Å². The third-order valence-corrected chi connectivity index (χ3v) is 2.47. The molecule has 5 heavy (non-hydrogen) atoms. The maximum atomic E-state index is 2.49. The Balaban J connectivity index is 2.58. The molecule has 0 atom stereocenters. The van der Waals surface area contributed by atoms with E-state index in [4.69, 9.17) is 0 Å². The van der Waals surface area contributed by atoms with Gasteiger partial charge in [-0.1, -0.05) is 0 Å². The zero-order valence-corrected chi connectivity index (χ0v) is 2.99. The molecule has 0 aromatic carbocycles. The van der Waals surface area contributed by atoms with E-state index in [2.05, 4.69) is 6.42 Å². The second-order valence-electron chi connectivity index (χ2n) is 2.81. The van der Waals surface area contributed by atoms with Crippen LogP contribution in [0.2, 0.25) is 0 Å². The average molecular weight is 65.1 g/mol. The fourth-order valence-corrected chi connectivity index (χ4v) is 1.42. The summed E-state index contributed by atoms with van der Waals surface area (Å²) in [6.07, 6.45) is 5.62. The maximum Gasteiger partial charge on any atom is 0.164 e. The van der Waals surface area contributed by atoms with Gasteiger partial charge in [-0.25, -0.2) is 0 Å². The lowest BCUT2D eigenvalue weighted by molar-refractivity contribution is 0.590. The fourth-order valence-electron chi connectivity index (χ4n) is 1.42. The molecule has 0 aromatic heterocycles. The molecule has 0 heterocycles. The Hall–Kier alpha value is -0.130. The lowest BCUT2D eigenvalue weighted by Crippen LogP contribution is -1.93. The van der Waals surface area contributed by atoms with Crippen LogP contribution in [-0.2, 0) is 0 Å². The zero-order valence-electron chi connectivity index (χ0n) is 2.99. The molecule has 0 N–H and O–H groups in total. The first-order chi connectivity index (χ1) is 2.37. The van der Waals surface area contributed by atoms with Crippen LogP contribution in [0.15, 0.2) is 0 Å². The number of hydrogen-bond acceptors (Lipinski definition) is 0. The summed E-state index contributed by atoms with van der Waals surface area (Å²) in [5.41, 5.74) is 1.88. The van der Waals surface area contributed by atoms with Gasteiger partial charge in [0.05, 0.1) is 6.42 Å². The van der Waals surface area contributed by atoms with Crippen molar-refractivity contribution in [1.29, 1.82) is 0 Å². The Kier molecular flexibility index (Phi) is 0.0446. The molecule has 0 saturated heterocycles. The first kappa shape index (κ1) is 1.55. The van der Waals surface area contributed by atoms with E-state index in [0.29, 0.717) is 0 Å². The van der Waals surface area contributed by atoms with E-state index in [1.165, 1.54) is 0 Å². The summed E-state index contributed by atoms with van der Waals surface area (Å²) in [6, 6.07) is 0. The van der Waals surface area contributed by atoms with Crippen LogP contribution in [0.5, 0.6) is 0 Å². The molecule has 0 nitrogen and oxygen atoms in total. The van der Waals surface area contributed by atoms with E-state index in [0.717, 1.165) is 10.8 Å². The Morgan fingerprint density at radius 3 is 1.40 bits per heavy atom. The van der Waals surface area contributed by atoms with Gasteiger partial charge in [0.25, 0.3) is 0 Å². The van der Waals surface area contributed by atoms with Crippen LogP contribution in [0.25, 0.3) is 0 Å². The minimum Gasteiger partial charge on any atom is 0.0497 e. The monoisotopic (exact) mass is 65.0 g/mol. The van der Waals surface area contributed by atoms with Crippen LogP contribution >= 0.6 is 0 Å². The summed E-state index contributed by atoms with van der Waals surface area (Å²) in [6.45, 7) is 0. The van der Waals surface area contributed by atoms with E-state index < -0.39 is 0 Å². The fraction of sp³-hybridized carbons (Fsp3) is 0.800. The van der Waals surface area contributed by atoms with Gasteiger partial charge in [0.15, 0.2) is 10.8 Å². The van der Waals surface area contributed by atoms with Gasteiger partial charge >= 0.3 is 0 Å². The highest BCUT2D eigenvalue weighted by atomic mass is 15.0. The van der Waals surface area contributed by atoms with Crippen molar-refractivity contribution >= 4 is 0 Å². The molecule has 3 aliphatic rings. The highest BCUT2D eigenvalue weighted by Crippen LogP contribution is 3.05. The zero-order chi connectivity index (χ0) is 3.12. The topological polar surface area (TPSA) is 0 Å². The average Bonchev–Trinajstić information content (AvgIpc) is 1.30. The van der Waals surface area contributed by atoms with E-state index in [1.54, 1.807) is 12.8 Å². The highest BCUT2D eigenvalue weighted by Gasteiger charge is 3.13. The molecule has 0 unspecified atom stereocenters. The first-order valence-corrected chi connectivity index (χ1v) is 2.24. The SMILES string of the molecule is [CH+]1C23CC12C3. The quantitative estimate of drug-likeness (QED) is 0.369. The molecule has 0 aliphatic heterocycles. The molecule has 0 radical (unpaired) electrons. The van der Waals surface area contributed by atoms with Crippen molar-refractivity contribution in [3.8, 4) is 0 Å². The van der Waals surface area contributed by atoms with E-state index in [9.17, 15) is 0 Å². The lowest BCUT2D eigenvalue weighted by Gasteiger charge is -1.89. The van der Waals surface area contributed by atoms with Crippen LogP contribution < -0.4 is 0 Å². The van der Waals surface area contributed by atoms with E-state index in [-0.39, 0.29) is 0 Å². The van der Waals surface area contributed by atoms with Gasteiger partial charge in [-0.2, -0.15) is 0 Å². The van der Waals surface area contributed by atoms with E-state index in [1.807, 2.05) is 0 Å². The second kappa shape index (κ2) is 0.144. The molecule has 0 bridgehead atoms. The van der Waals surface area contributed by atoms with E-state index >= 15 is 0 Å². The molecule has 3 rings (SSSR count). The molecular weight excluding hydrogens is 60.1 g/mol. The highest BCUT2D eigenvalue weighted by molar-refractivity contribution is 5.59.